The molecule has 0 aliphatic heterocycles. The Bertz CT molecular complexity index is 618. The lowest BCUT2D eigenvalue weighted by Gasteiger charge is -2.18. The highest BCUT2D eigenvalue weighted by Gasteiger charge is 2.19. The van der Waals surface area contributed by atoms with Crippen molar-refractivity contribution in [2.24, 2.45) is 0 Å². The lowest BCUT2D eigenvalue weighted by Crippen LogP contribution is -2.17. The quantitative estimate of drug-likeness (QED) is 0.761. The molecule has 4 N–H and O–H groups in total. The van der Waals surface area contributed by atoms with Gasteiger partial charge in [-0.2, -0.15) is 0 Å². The van der Waals surface area contributed by atoms with Crippen LogP contribution in [0.3, 0.4) is 0 Å². The van der Waals surface area contributed by atoms with Crippen LogP contribution in [0.5, 0.6) is 0 Å². The van der Waals surface area contributed by atoms with Crippen molar-refractivity contribution in [3.8, 4) is 0 Å². The van der Waals surface area contributed by atoms with Crippen LogP contribution in [0.4, 0.5) is 5.82 Å². The maximum atomic E-state index is 9.32. The minimum absolute atomic E-state index is 0.138. The number of anilines is 1. The van der Waals surface area contributed by atoms with Gasteiger partial charge in [-0.25, -0.2) is 9.97 Å². The van der Waals surface area contributed by atoms with E-state index in [9.17, 15) is 10.2 Å². The van der Waals surface area contributed by atoms with Gasteiger partial charge in [-0.05, 0) is 23.3 Å². The van der Waals surface area contributed by atoms with Gasteiger partial charge in [-0.15, -0.1) is 0 Å². The highest BCUT2D eigenvalue weighted by Crippen LogP contribution is 2.27. The minimum Gasteiger partial charge on any atom is -0.392 e. The van der Waals surface area contributed by atoms with Crippen molar-refractivity contribution in [2.45, 2.75) is 39.4 Å². The fourth-order valence-electron chi connectivity index (χ4n) is 1.92. The molecule has 5 nitrogen and oxygen atoms in total. The molecule has 2 aromatic rings. The Balaban J connectivity index is 2.74. The number of benzene rings is 1. The molecule has 0 amide bonds. The molecule has 0 aliphatic rings. The molecule has 0 fully saturated rings. The van der Waals surface area contributed by atoms with Crippen molar-refractivity contribution < 1.29 is 10.2 Å². The number of aliphatic hydroxyl groups excluding tert-OH is 2. The Kier molecular flexibility index (Phi) is 3.43. The first kappa shape index (κ1) is 13.7. The normalized spacial score (nSPS) is 12.1. The first-order chi connectivity index (χ1) is 8.86. The highest BCUT2D eigenvalue weighted by molar-refractivity contribution is 5.89. The number of aromatic nitrogens is 2. The Morgan fingerprint density at radius 1 is 1.05 bits per heavy atom. The third kappa shape index (κ3) is 2.52. The van der Waals surface area contributed by atoms with Crippen LogP contribution in [0.15, 0.2) is 12.1 Å². The van der Waals surface area contributed by atoms with Crippen LogP contribution in [0.2, 0.25) is 0 Å². The average Bonchev–Trinajstić information content (AvgIpc) is 2.36. The maximum absolute atomic E-state index is 9.32. The summed E-state index contributed by atoms with van der Waals surface area (Å²) in [5.41, 5.74) is 7.78. The summed E-state index contributed by atoms with van der Waals surface area (Å²) in [7, 11) is 0. The molecule has 0 aliphatic carbocycles. The summed E-state index contributed by atoms with van der Waals surface area (Å²) in [4.78, 5) is 8.83. The lowest BCUT2D eigenvalue weighted by molar-refractivity contribution is 0.260. The molecule has 0 unspecified atom stereocenters. The molecule has 0 spiro atoms. The molecule has 0 saturated heterocycles. The smallest absolute Gasteiger partial charge is 0.136 e. The summed E-state index contributed by atoms with van der Waals surface area (Å²) in [6.07, 6.45) is 0. The van der Waals surface area contributed by atoms with E-state index in [4.69, 9.17) is 5.73 Å². The first-order valence-electron chi connectivity index (χ1n) is 6.18. The number of hydrogen-bond donors (Lipinski definition) is 3. The van der Waals surface area contributed by atoms with Crippen LogP contribution in [-0.4, -0.2) is 20.2 Å². The molecule has 2 rings (SSSR count). The summed E-state index contributed by atoms with van der Waals surface area (Å²) in [5, 5.41) is 19.3. The van der Waals surface area contributed by atoms with Crippen LogP contribution < -0.4 is 5.73 Å². The summed E-state index contributed by atoms with van der Waals surface area (Å²) in [6, 6.07) is 3.50. The summed E-state index contributed by atoms with van der Waals surface area (Å²) in [5.74, 6) is 1.06. The molecule has 0 bridgehead atoms. The number of rotatable bonds is 2. The van der Waals surface area contributed by atoms with Crippen LogP contribution in [-0.2, 0) is 18.6 Å². The molecule has 1 aromatic heterocycles. The van der Waals surface area contributed by atoms with Gasteiger partial charge >= 0.3 is 0 Å². The number of fused-ring (bicyclic) bond motifs is 1. The van der Waals surface area contributed by atoms with Crippen molar-refractivity contribution in [3.05, 3.63) is 29.1 Å². The molecule has 0 radical (unpaired) electrons. The second-order valence-corrected chi connectivity index (χ2v) is 5.64. The Labute approximate surface area is 112 Å². The molecule has 0 saturated carbocycles. The molecular weight excluding hydrogens is 242 g/mol. The number of hydrogen-bond acceptors (Lipinski definition) is 5. The fourth-order valence-corrected chi connectivity index (χ4v) is 1.92. The zero-order valence-electron chi connectivity index (χ0n) is 11.4. The maximum Gasteiger partial charge on any atom is 0.136 e. The van der Waals surface area contributed by atoms with E-state index in [-0.39, 0.29) is 18.6 Å². The van der Waals surface area contributed by atoms with Gasteiger partial charge in [0.25, 0.3) is 0 Å². The predicted molar refractivity (Wildman–Crippen MR) is 74.5 cm³/mol. The van der Waals surface area contributed by atoms with E-state index in [2.05, 4.69) is 9.97 Å². The molecule has 102 valence electrons. The molecule has 1 heterocycles. The topological polar surface area (TPSA) is 92.3 Å². The van der Waals surface area contributed by atoms with Crippen LogP contribution in [0.1, 0.15) is 37.7 Å². The summed E-state index contributed by atoms with van der Waals surface area (Å²) < 4.78 is 0. The summed E-state index contributed by atoms with van der Waals surface area (Å²) >= 11 is 0. The van der Waals surface area contributed by atoms with E-state index in [0.29, 0.717) is 33.7 Å². The van der Waals surface area contributed by atoms with E-state index in [1.165, 1.54) is 0 Å². The van der Waals surface area contributed by atoms with Gasteiger partial charge in [-0.1, -0.05) is 20.8 Å². The largest absolute Gasteiger partial charge is 0.392 e. The number of nitrogens with two attached hydrogens (primary N) is 1. The van der Waals surface area contributed by atoms with Crippen molar-refractivity contribution in [1.29, 1.82) is 0 Å². The van der Waals surface area contributed by atoms with Gasteiger partial charge in [-0.3, -0.25) is 0 Å². The molecule has 19 heavy (non-hydrogen) atoms. The highest BCUT2D eigenvalue weighted by atomic mass is 16.3. The second kappa shape index (κ2) is 4.75. The Hall–Kier alpha value is -1.72. The van der Waals surface area contributed by atoms with Gasteiger partial charge in [0.1, 0.15) is 11.6 Å². The van der Waals surface area contributed by atoms with E-state index >= 15 is 0 Å². The second-order valence-electron chi connectivity index (χ2n) is 5.64. The van der Waals surface area contributed by atoms with Gasteiger partial charge < -0.3 is 15.9 Å². The summed E-state index contributed by atoms with van der Waals surface area (Å²) in [6.45, 7) is 5.76. The average molecular weight is 261 g/mol. The SMILES string of the molecule is CC(C)(C)c1nc(N)c2cc(CO)c(CO)cc2n1. The van der Waals surface area contributed by atoms with Crippen molar-refractivity contribution in [3.63, 3.8) is 0 Å². The molecule has 5 heteroatoms. The third-order valence-corrected chi connectivity index (χ3v) is 3.06. The number of nitrogens with zero attached hydrogens (tertiary/aromatic N) is 2. The minimum atomic E-state index is -0.197. The fraction of sp³-hybridized carbons (Fsp3) is 0.429. The zero-order chi connectivity index (χ0) is 14.2. The third-order valence-electron chi connectivity index (χ3n) is 3.06. The molecule has 1 aromatic carbocycles. The van der Waals surface area contributed by atoms with Crippen molar-refractivity contribution in [2.75, 3.05) is 5.73 Å². The van der Waals surface area contributed by atoms with Crippen molar-refractivity contribution >= 4 is 16.7 Å². The monoisotopic (exact) mass is 261 g/mol. The zero-order valence-corrected chi connectivity index (χ0v) is 11.4. The Morgan fingerprint density at radius 3 is 2.16 bits per heavy atom. The molecule has 0 atom stereocenters. The lowest BCUT2D eigenvalue weighted by atomic mass is 9.95. The standard InChI is InChI=1S/C14H19N3O2/c1-14(2,3)13-16-11-5-9(7-19)8(6-18)4-10(11)12(15)17-13/h4-5,18-19H,6-7H2,1-3H3,(H2,15,16,17). The Morgan fingerprint density at radius 2 is 1.63 bits per heavy atom. The van der Waals surface area contributed by atoms with Crippen LogP contribution in [0, 0.1) is 0 Å². The van der Waals surface area contributed by atoms with Crippen LogP contribution >= 0.6 is 0 Å². The predicted octanol–water partition coefficient (Wildman–Crippen LogP) is 1.49. The van der Waals surface area contributed by atoms with E-state index in [0.717, 1.165) is 0 Å². The van der Waals surface area contributed by atoms with Gasteiger partial charge in [0.05, 0.1) is 18.7 Å². The van der Waals surface area contributed by atoms with E-state index < -0.39 is 0 Å². The van der Waals surface area contributed by atoms with E-state index in [1.54, 1.807) is 12.1 Å². The number of aliphatic hydroxyl groups is 2. The molecular formula is C14H19N3O2. The van der Waals surface area contributed by atoms with Gasteiger partial charge in [0, 0.05) is 10.8 Å². The van der Waals surface area contributed by atoms with Gasteiger partial charge in [0.15, 0.2) is 0 Å². The van der Waals surface area contributed by atoms with Crippen LogP contribution in [0.25, 0.3) is 10.9 Å². The first-order valence-corrected chi connectivity index (χ1v) is 6.18. The van der Waals surface area contributed by atoms with E-state index in [1.807, 2.05) is 20.8 Å². The van der Waals surface area contributed by atoms with Crippen molar-refractivity contribution in [1.82, 2.24) is 9.97 Å². The number of nitrogen functional groups attached to an aromatic ring is 1. The van der Waals surface area contributed by atoms with Gasteiger partial charge in [0.2, 0.25) is 0 Å².